The number of nitrogens with zero attached hydrogens (tertiary/aromatic N) is 2. The molecule has 3 heterocycles. The number of H-pyrrole nitrogens is 1. The van der Waals surface area contributed by atoms with Crippen molar-refractivity contribution in [3.8, 4) is 0 Å². The Morgan fingerprint density at radius 2 is 2.20 bits per heavy atom. The van der Waals surface area contributed by atoms with Crippen LogP contribution in [0, 0.1) is 0 Å². The first-order chi connectivity index (χ1) is 12.0. The number of aliphatic hydroxyl groups excluding tert-OH is 1. The monoisotopic (exact) mass is 363 g/mol. The van der Waals surface area contributed by atoms with Crippen LogP contribution in [0.25, 0.3) is 10.2 Å². The summed E-state index contributed by atoms with van der Waals surface area (Å²) >= 11 is 1.44. The van der Waals surface area contributed by atoms with Gasteiger partial charge in [0.1, 0.15) is 10.9 Å². The first-order valence-corrected chi connectivity index (χ1v) is 8.92. The van der Waals surface area contributed by atoms with E-state index in [1.165, 1.54) is 23.3 Å². The number of hydrogen-bond acceptors (Lipinski definition) is 7. The van der Waals surface area contributed by atoms with E-state index in [4.69, 9.17) is 4.74 Å². The highest BCUT2D eigenvalue weighted by atomic mass is 32.1. The number of aryl methyl sites for hydroxylation is 2. The highest BCUT2D eigenvalue weighted by molar-refractivity contribution is 7.18. The second kappa shape index (κ2) is 5.92. The number of fused-ring (bicyclic) bond motifs is 3. The Bertz CT molecular complexity index is 934. The van der Waals surface area contributed by atoms with Gasteiger partial charge in [-0.25, -0.2) is 9.78 Å². The van der Waals surface area contributed by atoms with Gasteiger partial charge in [0.25, 0.3) is 11.5 Å². The van der Waals surface area contributed by atoms with Gasteiger partial charge in [0.05, 0.1) is 18.6 Å². The lowest BCUT2D eigenvalue weighted by molar-refractivity contribution is -0.145. The van der Waals surface area contributed by atoms with E-state index in [0.717, 1.165) is 29.7 Å². The van der Waals surface area contributed by atoms with Crippen LogP contribution in [0.1, 0.15) is 33.9 Å². The summed E-state index contributed by atoms with van der Waals surface area (Å²) < 4.78 is 4.70. The van der Waals surface area contributed by atoms with Crippen LogP contribution in [0.2, 0.25) is 0 Å². The molecule has 1 aliphatic carbocycles. The Morgan fingerprint density at radius 3 is 2.96 bits per heavy atom. The van der Waals surface area contributed by atoms with Crippen molar-refractivity contribution in [2.75, 3.05) is 13.7 Å². The summed E-state index contributed by atoms with van der Waals surface area (Å²) in [6, 6.07) is -0.873. The maximum absolute atomic E-state index is 12.8. The van der Waals surface area contributed by atoms with Crippen molar-refractivity contribution in [1.29, 1.82) is 0 Å². The van der Waals surface area contributed by atoms with E-state index in [1.807, 2.05) is 0 Å². The average molecular weight is 363 g/mol. The zero-order valence-corrected chi connectivity index (χ0v) is 14.4. The van der Waals surface area contributed by atoms with E-state index in [2.05, 4.69) is 9.97 Å². The largest absolute Gasteiger partial charge is 0.467 e. The molecule has 4 rings (SSSR count). The minimum atomic E-state index is -0.873. The third kappa shape index (κ3) is 2.54. The van der Waals surface area contributed by atoms with Gasteiger partial charge < -0.3 is 19.7 Å². The van der Waals surface area contributed by atoms with Crippen LogP contribution in [-0.2, 0) is 22.4 Å². The predicted molar refractivity (Wildman–Crippen MR) is 89.7 cm³/mol. The molecule has 1 amide bonds. The zero-order chi connectivity index (χ0) is 17.7. The second-order valence-corrected chi connectivity index (χ2v) is 7.42. The molecule has 2 aromatic rings. The fourth-order valence-corrected chi connectivity index (χ4v) is 4.90. The first-order valence-electron chi connectivity index (χ1n) is 8.11. The predicted octanol–water partition coefficient (Wildman–Crippen LogP) is 0.222. The number of likely N-dealkylation sites (tertiary alicyclic amines) is 1. The molecular formula is C16H17N3O5S. The highest BCUT2D eigenvalue weighted by Gasteiger charge is 2.41. The fourth-order valence-electron chi connectivity index (χ4n) is 3.64. The van der Waals surface area contributed by atoms with Crippen molar-refractivity contribution in [2.24, 2.45) is 0 Å². The number of rotatable bonds is 2. The number of amides is 1. The topological polar surface area (TPSA) is 113 Å². The van der Waals surface area contributed by atoms with E-state index >= 15 is 0 Å². The van der Waals surface area contributed by atoms with Gasteiger partial charge in [-0.05, 0) is 24.8 Å². The molecule has 0 saturated carbocycles. The number of hydrogen-bond donors (Lipinski definition) is 2. The zero-order valence-electron chi connectivity index (χ0n) is 13.6. The maximum atomic E-state index is 12.8. The molecule has 0 radical (unpaired) electrons. The quantitative estimate of drug-likeness (QED) is 0.738. The van der Waals surface area contributed by atoms with Crippen molar-refractivity contribution in [3.05, 3.63) is 26.6 Å². The van der Waals surface area contributed by atoms with Crippen LogP contribution in [0.15, 0.2) is 4.79 Å². The third-order valence-electron chi connectivity index (χ3n) is 4.79. The first kappa shape index (κ1) is 16.2. The SMILES string of the molecule is COC(=O)[C@@H]1C[C@@H](O)CN1C(=O)c1nc2sc3c(c2c(=O)[nH]1)CCC3. The van der Waals surface area contributed by atoms with Gasteiger partial charge in [0.2, 0.25) is 5.82 Å². The molecule has 132 valence electrons. The average Bonchev–Trinajstić information content (AvgIpc) is 3.26. The van der Waals surface area contributed by atoms with Gasteiger partial charge in [-0.15, -0.1) is 11.3 Å². The Kier molecular flexibility index (Phi) is 3.84. The highest BCUT2D eigenvalue weighted by Crippen LogP contribution is 2.34. The number of carbonyl (C=O) groups excluding carboxylic acids is 2. The van der Waals surface area contributed by atoms with Crippen LogP contribution in [0.4, 0.5) is 0 Å². The van der Waals surface area contributed by atoms with E-state index < -0.39 is 24.0 Å². The lowest BCUT2D eigenvalue weighted by Gasteiger charge is -2.21. The van der Waals surface area contributed by atoms with Crippen molar-refractivity contribution >= 4 is 33.4 Å². The fraction of sp³-hybridized carbons (Fsp3) is 0.500. The molecule has 8 nitrogen and oxygen atoms in total. The van der Waals surface area contributed by atoms with E-state index in [-0.39, 0.29) is 24.3 Å². The lowest BCUT2D eigenvalue weighted by Crippen LogP contribution is -2.42. The van der Waals surface area contributed by atoms with Crippen LogP contribution in [0.3, 0.4) is 0 Å². The molecule has 0 bridgehead atoms. The van der Waals surface area contributed by atoms with Gasteiger partial charge >= 0.3 is 5.97 Å². The number of carbonyl (C=O) groups is 2. The second-order valence-electron chi connectivity index (χ2n) is 6.34. The normalized spacial score (nSPS) is 22.4. The van der Waals surface area contributed by atoms with Crippen molar-refractivity contribution in [2.45, 2.75) is 37.8 Å². The summed E-state index contributed by atoms with van der Waals surface area (Å²) in [5.41, 5.74) is 0.707. The van der Waals surface area contributed by atoms with Gasteiger partial charge in [-0.2, -0.15) is 0 Å². The molecule has 0 aromatic carbocycles. The molecule has 1 fully saturated rings. The van der Waals surface area contributed by atoms with Crippen LogP contribution in [-0.4, -0.2) is 57.7 Å². The van der Waals surface area contributed by atoms with Crippen LogP contribution < -0.4 is 5.56 Å². The van der Waals surface area contributed by atoms with E-state index in [1.54, 1.807) is 0 Å². The molecule has 2 aromatic heterocycles. The number of aliphatic hydroxyl groups is 1. The lowest BCUT2D eigenvalue weighted by atomic mass is 10.2. The molecule has 2 aliphatic rings. The molecule has 0 spiro atoms. The van der Waals surface area contributed by atoms with Crippen molar-refractivity contribution < 1.29 is 19.4 Å². The number of aromatic nitrogens is 2. The number of esters is 1. The summed E-state index contributed by atoms with van der Waals surface area (Å²) in [4.78, 5) is 46.9. The number of nitrogens with one attached hydrogen (secondary N) is 1. The summed E-state index contributed by atoms with van der Waals surface area (Å²) in [7, 11) is 1.23. The molecule has 0 unspecified atom stereocenters. The van der Waals surface area contributed by atoms with E-state index in [0.29, 0.717) is 10.2 Å². The van der Waals surface area contributed by atoms with Gasteiger partial charge in [-0.3, -0.25) is 9.59 Å². The number of methoxy groups -OCH3 is 1. The Hall–Kier alpha value is -2.26. The molecule has 25 heavy (non-hydrogen) atoms. The van der Waals surface area contributed by atoms with Crippen LogP contribution in [0.5, 0.6) is 0 Å². The van der Waals surface area contributed by atoms with E-state index in [9.17, 15) is 19.5 Å². The third-order valence-corrected chi connectivity index (χ3v) is 5.98. The number of β-amino-alcohol motifs (C(OH)–C–C–N with tert-alkyl or cyclic N) is 1. The molecule has 1 aliphatic heterocycles. The molecule has 9 heteroatoms. The molecule has 2 atom stereocenters. The summed E-state index contributed by atoms with van der Waals surface area (Å²) in [5, 5.41) is 10.4. The summed E-state index contributed by atoms with van der Waals surface area (Å²) in [5.74, 6) is -1.29. The molecule has 1 saturated heterocycles. The molecular weight excluding hydrogens is 346 g/mol. The standard InChI is InChI=1S/C16H17N3O5S/c1-24-16(23)9-5-7(20)6-19(9)15(22)12-17-13(21)11-8-3-2-4-10(8)25-14(11)18-12/h7,9,20H,2-6H2,1H3,(H,17,18,21)/t7-,9+/m1/s1. The van der Waals surface area contributed by atoms with Gasteiger partial charge in [0, 0.05) is 17.8 Å². The Morgan fingerprint density at radius 1 is 1.40 bits per heavy atom. The van der Waals surface area contributed by atoms with Crippen molar-refractivity contribution in [3.63, 3.8) is 0 Å². The Balaban J connectivity index is 1.73. The number of ether oxygens (including phenoxy) is 1. The number of aromatic amines is 1. The summed E-state index contributed by atoms with van der Waals surface area (Å²) in [6.07, 6.45) is 2.12. The van der Waals surface area contributed by atoms with Crippen molar-refractivity contribution in [1.82, 2.24) is 14.9 Å². The smallest absolute Gasteiger partial charge is 0.328 e. The Labute approximate surface area is 146 Å². The summed E-state index contributed by atoms with van der Waals surface area (Å²) in [6.45, 7) is 0.00128. The molecule has 2 N–H and O–H groups in total. The number of thiophene rings is 1. The van der Waals surface area contributed by atoms with Gasteiger partial charge in [0.15, 0.2) is 0 Å². The van der Waals surface area contributed by atoms with Crippen LogP contribution >= 0.6 is 11.3 Å². The maximum Gasteiger partial charge on any atom is 0.328 e. The minimum absolute atomic E-state index is 0.00128. The minimum Gasteiger partial charge on any atom is -0.467 e. The van der Waals surface area contributed by atoms with Gasteiger partial charge in [-0.1, -0.05) is 0 Å².